The summed E-state index contributed by atoms with van der Waals surface area (Å²) in [6.45, 7) is 3.86. The zero-order chi connectivity index (χ0) is 21.1. The van der Waals surface area contributed by atoms with Gasteiger partial charge in [-0.25, -0.2) is 0 Å². The highest BCUT2D eigenvalue weighted by Gasteiger charge is 2.11. The van der Waals surface area contributed by atoms with Crippen molar-refractivity contribution in [2.45, 2.75) is 13.8 Å². The van der Waals surface area contributed by atoms with Crippen molar-refractivity contribution in [3.63, 3.8) is 0 Å². The topological polar surface area (TPSA) is 78.3 Å². The Labute approximate surface area is 174 Å². The van der Waals surface area contributed by atoms with Crippen LogP contribution in [0.3, 0.4) is 0 Å². The molecule has 0 aliphatic carbocycles. The number of amides is 1. The summed E-state index contributed by atoms with van der Waals surface area (Å²) in [4.78, 5) is 14.0. The molecule has 7 nitrogen and oxygen atoms in total. The number of aryl methyl sites for hydroxylation is 2. The van der Waals surface area contributed by atoms with Gasteiger partial charge in [-0.05, 0) is 67.9 Å². The van der Waals surface area contributed by atoms with Gasteiger partial charge in [0.05, 0.1) is 12.8 Å². The standard InChI is InChI=1S/C23H22N4O3/c1-15-4-6-17(7-5-15)27-25-21-12-16(2)20(13-22(21)26-27)24-23(28)14-30-19-10-8-18(29-3)9-11-19/h4-13H,14H2,1-3H3,(H,24,28). The van der Waals surface area contributed by atoms with Crippen LogP contribution >= 0.6 is 0 Å². The number of methoxy groups -OCH3 is 1. The molecular weight excluding hydrogens is 380 g/mol. The van der Waals surface area contributed by atoms with E-state index in [-0.39, 0.29) is 12.5 Å². The van der Waals surface area contributed by atoms with E-state index in [0.29, 0.717) is 17.0 Å². The molecule has 4 aromatic rings. The summed E-state index contributed by atoms with van der Waals surface area (Å²) in [5.74, 6) is 1.08. The molecule has 3 aromatic carbocycles. The van der Waals surface area contributed by atoms with Gasteiger partial charge in [0.2, 0.25) is 0 Å². The molecule has 1 aromatic heterocycles. The van der Waals surface area contributed by atoms with E-state index in [2.05, 4.69) is 15.5 Å². The molecule has 4 rings (SSSR count). The second-order valence-corrected chi connectivity index (χ2v) is 6.99. The van der Waals surface area contributed by atoms with Gasteiger partial charge in [-0.1, -0.05) is 17.7 Å². The number of benzene rings is 3. The minimum Gasteiger partial charge on any atom is -0.497 e. The molecule has 0 radical (unpaired) electrons. The van der Waals surface area contributed by atoms with E-state index in [0.717, 1.165) is 22.5 Å². The van der Waals surface area contributed by atoms with E-state index in [1.807, 2.05) is 50.2 Å². The Morgan fingerprint density at radius 3 is 2.23 bits per heavy atom. The highest BCUT2D eigenvalue weighted by molar-refractivity contribution is 5.95. The smallest absolute Gasteiger partial charge is 0.262 e. The molecule has 0 atom stereocenters. The molecule has 1 N–H and O–H groups in total. The Morgan fingerprint density at radius 1 is 0.933 bits per heavy atom. The number of nitrogens with zero attached hydrogens (tertiary/aromatic N) is 3. The van der Waals surface area contributed by atoms with Crippen LogP contribution in [0.1, 0.15) is 11.1 Å². The molecule has 7 heteroatoms. The summed E-state index contributed by atoms with van der Waals surface area (Å²) in [6.07, 6.45) is 0. The Kier molecular flexibility index (Phi) is 5.34. The van der Waals surface area contributed by atoms with Gasteiger partial charge in [-0.3, -0.25) is 4.79 Å². The number of aromatic nitrogens is 3. The van der Waals surface area contributed by atoms with Crippen molar-refractivity contribution in [1.29, 1.82) is 0 Å². The normalized spacial score (nSPS) is 10.8. The first-order chi connectivity index (χ1) is 14.5. The molecule has 0 aliphatic heterocycles. The van der Waals surface area contributed by atoms with Gasteiger partial charge in [-0.2, -0.15) is 4.80 Å². The summed E-state index contributed by atoms with van der Waals surface area (Å²) < 4.78 is 10.6. The van der Waals surface area contributed by atoms with E-state index >= 15 is 0 Å². The number of carbonyl (C=O) groups is 1. The minimum atomic E-state index is -0.251. The fourth-order valence-electron chi connectivity index (χ4n) is 3.00. The van der Waals surface area contributed by atoms with Gasteiger partial charge in [0, 0.05) is 5.69 Å². The van der Waals surface area contributed by atoms with Crippen molar-refractivity contribution in [3.8, 4) is 17.2 Å². The lowest BCUT2D eigenvalue weighted by Crippen LogP contribution is -2.20. The largest absolute Gasteiger partial charge is 0.497 e. The molecule has 0 aliphatic rings. The zero-order valence-electron chi connectivity index (χ0n) is 17.0. The number of hydrogen-bond acceptors (Lipinski definition) is 5. The van der Waals surface area contributed by atoms with Crippen LogP contribution in [0.15, 0.2) is 60.7 Å². The van der Waals surface area contributed by atoms with E-state index in [4.69, 9.17) is 9.47 Å². The minimum absolute atomic E-state index is 0.0974. The first kappa shape index (κ1) is 19.4. The van der Waals surface area contributed by atoms with Crippen molar-refractivity contribution in [2.75, 3.05) is 19.0 Å². The number of carbonyl (C=O) groups excluding carboxylic acids is 1. The van der Waals surface area contributed by atoms with Gasteiger partial charge < -0.3 is 14.8 Å². The average Bonchev–Trinajstić information content (AvgIpc) is 3.16. The average molecular weight is 402 g/mol. The Balaban J connectivity index is 1.47. The SMILES string of the molecule is COc1ccc(OCC(=O)Nc2cc3nn(-c4ccc(C)cc4)nc3cc2C)cc1. The van der Waals surface area contributed by atoms with Crippen LogP contribution in [-0.4, -0.2) is 34.6 Å². The number of fused-ring (bicyclic) bond motifs is 1. The Morgan fingerprint density at radius 2 is 1.57 bits per heavy atom. The van der Waals surface area contributed by atoms with E-state index in [1.54, 1.807) is 36.2 Å². The number of ether oxygens (including phenoxy) is 2. The summed E-state index contributed by atoms with van der Waals surface area (Å²) in [7, 11) is 1.60. The Hall–Kier alpha value is -3.87. The van der Waals surface area contributed by atoms with Gasteiger partial charge in [-0.15, -0.1) is 10.2 Å². The van der Waals surface area contributed by atoms with E-state index < -0.39 is 0 Å². The highest BCUT2D eigenvalue weighted by atomic mass is 16.5. The summed E-state index contributed by atoms with van der Waals surface area (Å²) >= 11 is 0. The third-order valence-electron chi connectivity index (χ3n) is 4.69. The van der Waals surface area contributed by atoms with E-state index in [1.165, 1.54) is 5.56 Å². The van der Waals surface area contributed by atoms with Gasteiger partial charge in [0.25, 0.3) is 5.91 Å². The lowest BCUT2D eigenvalue weighted by atomic mass is 10.1. The molecular formula is C23H22N4O3. The van der Waals surface area contributed by atoms with Gasteiger partial charge in [0.1, 0.15) is 22.5 Å². The van der Waals surface area contributed by atoms with Crippen LogP contribution in [-0.2, 0) is 4.79 Å². The van der Waals surface area contributed by atoms with E-state index in [9.17, 15) is 4.79 Å². The van der Waals surface area contributed by atoms with Crippen LogP contribution in [0.4, 0.5) is 5.69 Å². The van der Waals surface area contributed by atoms with Gasteiger partial charge >= 0.3 is 0 Å². The quantitative estimate of drug-likeness (QED) is 0.526. The summed E-state index contributed by atoms with van der Waals surface area (Å²) in [5.41, 5.74) is 5.10. The highest BCUT2D eigenvalue weighted by Crippen LogP contribution is 2.22. The molecule has 152 valence electrons. The third kappa shape index (κ3) is 4.25. The molecule has 0 unspecified atom stereocenters. The number of nitrogens with one attached hydrogen (secondary N) is 1. The second kappa shape index (κ2) is 8.24. The summed E-state index contributed by atoms with van der Waals surface area (Å²) in [6, 6.07) is 18.8. The maximum atomic E-state index is 12.4. The van der Waals surface area contributed by atoms with Crippen LogP contribution < -0.4 is 14.8 Å². The number of rotatable bonds is 6. The van der Waals surface area contributed by atoms with Crippen LogP contribution in [0.2, 0.25) is 0 Å². The molecule has 0 spiro atoms. The molecule has 0 bridgehead atoms. The molecule has 0 saturated heterocycles. The lowest BCUT2D eigenvalue weighted by Gasteiger charge is -2.10. The molecule has 1 amide bonds. The van der Waals surface area contributed by atoms with Crippen LogP contribution in [0, 0.1) is 13.8 Å². The monoisotopic (exact) mass is 402 g/mol. The predicted octanol–water partition coefficient (Wildman–Crippen LogP) is 4.06. The first-order valence-corrected chi connectivity index (χ1v) is 9.53. The zero-order valence-corrected chi connectivity index (χ0v) is 17.0. The summed E-state index contributed by atoms with van der Waals surface area (Å²) in [5, 5.41) is 12.0. The Bertz CT molecular complexity index is 1180. The van der Waals surface area contributed by atoms with Crippen molar-refractivity contribution < 1.29 is 14.3 Å². The molecule has 0 saturated carbocycles. The predicted molar refractivity (Wildman–Crippen MR) is 115 cm³/mol. The molecule has 1 heterocycles. The van der Waals surface area contributed by atoms with Crippen LogP contribution in [0.25, 0.3) is 16.7 Å². The first-order valence-electron chi connectivity index (χ1n) is 9.53. The van der Waals surface area contributed by atoms with Crippen molar-refractivity contribution in [2.24, 2.45) is 0 Å². The number of hydrogen-bond donors (Lipinski definition) is 1. The van der Waals surface area contributed by atoms with Crippen LogP contribution in [0.5, 0.6) is 11.5 Å². The molecule has 30 heavy (non-hydrogen) atoms. The second-order valence-electron chi connectivity index (χ2n) is 6.99. The lowest BCUT2D eigenvalue weighted by molar-refractivity contribution is -0.118. The van der Waals surface area contributed by atoms with Crippen molar-refractivity contribution >= 4 is 22.6 Å². The fraction of sp³-hybridized carbons (Fsp3) is 0.174. The van der Waals surface area contributed by atoms with Gasteiger partial charge in [0.15, 0.2) is 6.61 Å². The molecule has 0 fully saturated rings. The maximum Gasteiger partial charge on any atom is 0.262 e. The number of anilines is 1. The third-order valence-corrected chi connectivity index (χ3v) is 4.69. The fourth-order valence-corrected chi connectivity index (χ4v) is 3.00. The van der Waals surface area contributed by atoms with Crippen molar-refractivity contribution in [1.82, 2.24) is 15.0 Å². The van der Waals surface area contributed by atoms with Crippen molar-refractivity contribution in [3.05, 3.63) is 71.8 Å². The maximum absolute atomic E-state index is 12.4.